The van der Waals surface area contributed by atoms with Gasteiger partial charge in [0.1, 0.15) is 5.69 Å². The standard InChI is InChI=1S/C33H29ClF3N3O5/c1-44-16-15-39-27(18-22-5-4-8-28(29(22)39)45-33(35,36)37)32(43)38-13-11-21(12-14-38)25-17-20(9-10-26(25)34)19-40-30(41)23-6-2-3-7-24(23)31(40)42/h2-10,17-18,21H,11-16,19H2,1H3. The molecular weight excluding hydrogens is 611 g/mol. The highest BCUT2D eigenvalue weighted by molar-refractivity contribution is 6.31. The van der Waals surface area contributed by atoms with Gasteiger partial charge in [-0.1, -0.05) is 48.0 Å². The number of benzene rings is 3. The molecule has 8 nitrogen and oxygen atoms in total. The maximum atomic E-state index is 13.8. The van der Waals surface area contributed by atoms with Crippen LogP contribution in [-0.2, 0) is 17.8 Å². The van der Waals surface area contributed by atoms with E-state index in [0.29, 0.717) is 47.5 Å². The minimum absolute atomic E-state index is 0.0230. The van der Waals surface area contributed by atoms with Crippen LogP contribution in [0.1, 0.15) is 61.1 Å². The van der Waals surface area contributed by atoms with E-state index in [1.807, 2.05) is 6.07 Å². The molecule has 0 unspecified atom stereocenters. The van der Waals surface area contributed by atoms with Crippen LogP contribution in [-0.4, -0.2) is 65.3 Å². The lowest BCUT2D eigenvalue weighted by molar-refractivity contribution is -0.274. The fourth-order valence-electron chi connectivity index (χ4n) is 6.21. The Hall–Kier alpha value is -4.35. The number of para-hydroxylation sites is 1. The summed E-state index contributed by atoms with van der Waals surface area (Å²) >= 11 is 6.61. The number of hydrogen-bond acceptors (Lipinski definition) is 5. The molecule has 1 fully saturated rings. The van der Waals surface area contributed by atoms with Gasteiger partial charge in [-0.25, -0.2) is 0 Å². The second-order valence-corrected chi connectivity index (χ2v) is 11.5. The second-order valence-electron chi connectivity index (χ2n) is 11.1. The summed E-state index contributed by atoms with van der Waals surface area (Å²) in [5, 5.41) is 1.01. The van der Waals surface area contributed by atoms with Gasteiger partial charge in [0.05, 0.1) is 29.8 Å². The first-order chi connectivity index (χ1) is 21.6. The molecule has 0 N–H and O–H groups in total. The maximum Gasteiger partial charge on any atom is 0.573 e. The van der Waals surface area contributed by atoms with Crippen molar-refractivity contribution in [2.45, 2.75) is 38.2 Å². The Morgan fingerprint density at radius 3 is 2.29 bits per heavy atom. The van der Waals surface area contributed by atoms with E-state index in [1.165, 1.54) is 28.7 Å². The number of alkyl halides is 3. The third-order valence-corrected chi connectivity index (χ3v) is 8.69. The number of halogens is 4. The van der Waals surface area contributed by atoms with Crippen molar-refractivity contribution in [2.75, 3.05) is 26.8 Å². The molecule has 0 aliphatic carbocycles. The minimum atomic E-state index is -4.89. The number of rotatable bonds is 8. The van der Waals surface area contributed by atoms with E-state index in [2.05, 4.69) is 4.74 Å². The summed E-state index contributed by atoms with van der Waals surface area (Å²) in [6.07, 6.45) is -3.69. The van der Waals surface area contributed by atoms with Gasteiger partial charge >= 0.3 is 6.36 Å². The van der Waals surface area contributed by atoms with E-state index in [4.69, 9.17) is 16.3 Å². The Morgan fingerprint density at radius 1 is 0.956 bits per heavy atom. The van der Waals surface area contributed by atoms with E-state index in [-0.39, 0.29) is 60.3 Å². The van der Waals surface area contributed by atoms with Crippen LogP contribution >= 0.6 is 11.6 Å². The number of imide groups is 1. The van der Waals surface area contributed by atoms with Crippen molar-refractivity contribution in [3.63, 3.8) is 0 Å². The van der Waals surface area contributed by atoms with Crippen molar-refractivity contribution >= 4 is 40.2 Å². The Kier molecular flexibility index (Phi) is 8.32. The highest BCUT2D eigenvalue weighted by Gasteiger charge is 2.36. The number of piperidine rings is 1. The summed E-state index contributed by atoms with van der Waals surface area (Å²) in [6, 6.07) is 18.1. The van der Waals surface area contributed by atoms with E-state index < -0.39 is 6.36 Å². The molecule has 3 amide bonds. The molecule has 0 bridgehead atoms. The van der Waals surface area contributed by atoms with Crippen molar-refractivity contribution < 1.29 is 37.0 Å². The van der Waals surface area contributed by atoms with Gasteiger partial charge in [0, 0.05) is 37.2 Å². The molecule has 3 aromatic carbocycles. The van der Waals surface area contributed by atoms with Gasteiger partial charge < -0.3 is 18.9 Å². The lowest BCUT2D eigenvalue weighted by Crippen LogP contribution is -2.39. The van der Waals surface area contributed by atoms with Gasteiger partial charge in [-0.2, -0.15) is 0 Å². The number of nitrogens with zero attached hydrogens (tertiary/aromatic N) is 3. The average molecular weight is 640 g/mol. The number of aromatic nitrogens is 1. The van der Waals surface area contributed by atoms with Gasteiger partial charge in [0.2, 0.25) is 0 Å². The van der Waals surface area contributed by atoms with Crippen LogP contribution < -0.4 is 4.74 Å². The van der Waals surface area contributed by atoms with Crippen molar-refractivity contribution in [1.82, 2.24) is 14.4 Å². The predicted molar refractivity (Wildman–Crippen MR) is 160 cm³/mol. The summed E-state index contributed by atoms with van der Waals surface area (Å²) < 4.78 is 50.5. The molecule has 45 heavy (non-hydrogen) atoms. The van der Waals surface area contributed by atoms with Crippen molar-refractivity contribution in [3.05, 3.63) is 99.7 Å². The molecule has 0 spiro atoms. The van der Waals surface area contributed by atoms with E-state index in [0.717, 1.165) is 11.1 Å². The quantitative estimate of drug-likeness (QED) is 0.202. The predicted octanol–water partition coefficient (Wildman–Crippen LogP) is 6.66. The molecule has 12 heteroatoms. The molecule has 1 aromatic heterocycles. The van der Waals surface area contributed by atoms with Crippen LogP contribution in [0.3, 0.4) is 0 Å². The number of amides is 3. The zero-order valence-corrected chi connectivity index (χ0v) is 25.0. The third kappa shape index (κ3) is 6.02. The summed E-state index contributed by atoms with van der Waals surface area (Å²) in [4.78, 5) is 42.4. The molecular formula is C33H29ClF3N3O5. The van der Waals surface area contributed by atoms with Gasteiger partial charge in [-0.05, 0) is 60.2 Å². The molecule has 6 rings (SSSR count). The summed E-state index contributed by atoms with van der Waals surface area (Å²) in [7, 11) is 1.48. The number of methoxy groups -OCH3 is 1. The molecule has 1 saturated heterocycles. The number of ether oxygens (including phenoxy) is 2. The Bertz CT molecular complexity index is 1760. The Balaban J connectivity index is 1.19. The van der Waals surface area contributed by atoms with Crippen LogP contribution in [0.2, 0.25) is 5.02 Å². The largest absolute Gasteiger partial charge is 0.573 e. The Labute approximate surface area is 261 Å². The van der Waals surface area contributed by atoms with E-state index in [9.17, 15) is 27.6 Å². The molecule has 2 aliphatic rings. The minimum Gasteiger partial charge on any atom is -0.404 e. The smallest absolute Gasteiger partial charge is 0.404 e. The molecule has 0 atom stereocenters. The zero-order chi connectivity index (χ0) is 31.9. The number of likely N-dealkylation sites (tertiary alicyclic amines) is 1. The summed E-state index contributed by atoms with van der Waals surface area (Å²) in [6.45, 7) is 1.26. The summed E-state index contributed by atoms with van der Waals surface area (Å²) in [5.41, 5.74) is 2.84. The lowest BCUT2D eigenvalue weighted by Gasteiger charge is -2.33. The van der Waals surface area contributed by atoms with Crippen molar-refractivity contribution in [3.8, 4) is 5.75 Å². The SMILES string of the molecule is COCCn1c(C(=O)N2CCC(c3cc(CN4C(=O)c5ccccc5C4=O)ccc3Cl)CC2)cc2cccc(OC(F)(F)F)c21. The molecule has 0 saturated carbocycles. The van der Waals surface area contributed by atoms with Gasteiger partial charge in [0.15, 0.2) is 5.75 Å². The summed E-state index contributed by atoms with van der Waals surface area (Å²) in [5.74, 6) is -1.33. The number of hydrogen-bond donors (Lipinski definition) is 0. The van der Waals surface area contributed by atoms with Crippen LogP contribution in [0, 0.1) is 0 Å². The number of carbonyl (C=O) groups is 3. The maximum absolute atomic E-state index is 13.8. The highest BCUT2D eigenvalue weighted by atomic mass is 35.5. The molecule has 0 radical (unpaired) electrons. The number of fused-ring (bicyclic) bond motifs is 2. The molecule has 3 heterocycles. The van der Waals surface area contributed by atoms with Crippen LogP contribution in [0.15, 0.2) is 66.7 Å². The van der Waals surface area contributed by atoms with E-state index in [1.54, 1.807) is 53.4 Å². The second kappa shape index (κ2) is 12.2. The topological polar surface area (TPSA) is 81.1 Å². The highest BCUT2D eigenvalue weighted by Crippen LogP contribution is 2.37. The first-order valence-corrected chi connectivity index (χ1v) is 14.8. The van der Waals surface area contributed by atoms with Crippen LogP contribution in [0.25, 0.3) is 10.9 Å². The fourth-order valence-corrected chi connectivity index (χ4v) is 6.49. The fraction of sp³-hybridized carbons (Fsp3) is 0.303. The van der Waals surface area contributed by atoms with Crippen LogP contribution in [0.5, 0.6) is 5.75 Å². The van der Waals surface area contributed by atoms with Crippen LogP contribution in [0.4, 0.5) is 13.2 Å². The lowest BCUT2D eigenvalue weighted by atomic mass is 9.88. The zero-order valence-electron chi connectivity index (χ0n) is 24.3. The normalized spacial score (nSPS) is 15.7. The third-order valence-electron chi connectivity index (χ3n) is 8.35. The van der Waals surface area contributed by atoms with Gasteiger partial charge in [-0.3, -0.25) is 19.3 Å². The molecule has 234 valence electrons. The van der Waals surface area contributed by atoms with Crippen molar-refractivity contribution in [2.24, 2.45) is 0 Å². The van der Waals surface area contributed by atoms with E-state index >= 15 is 0 Å². The molecule has 4 aromatic rings. The van der Waals surface area contributed by atoms with Gasteiger partial charge in [-0.15, -0.1) is 13.2 Å². The molecule has 2 aliphatic heterocycles. The first kappa shape index (κ1) is 30.7. The number of carbonyl (C=O) groups excluding carboxylic acids is 3. The van der Waals surface area contributed by atoms with Crippen molar-refractivity contribution in [1.29, 1.82) is 0 Å². The first-order valence-electron chi connectivity index (χ1n) is 14.5. The monoisotopic (exact) mass is 639 g/mol. The Morgan fingerprint density at radius 2 is 1.64 bits per heavy atom. The van der Waals surface area contributed by atoms with Gasteiger partial charge in [0.25, 0.3) is 17.7 Å². The average Bonchev–Trinajstić information content (AvgIpc) is 3.51.